The van der Waals surface area contributed by atoms with Crippen LogP contribution in [0, 0.1) is 0 Å². The summed E-state index contributed by atoms with van der Waals surface area (Å²) in [5.74, 6) is -0.0612. The predicted molar refractivity (Wildman–Crippen MR) is 98.8 cm³/mol. The summed E-state index contributed by atoms with van der Waals surface area (Å²) in [5.41, 5.74) is 1.76. The third-order valence-corrected chi connectivity index (χ3v) is 4.25. The van der Waals surface area contributed by atoms with Gasteiger partial charge in [0.25, 0.3) is 0 Å². The van der Waals surface area contributed by atoms with E-state index in [2.05, 4.69) is 20.5 Å². The molecule has 2 N–H and O–H groups in total. The van der Waals surface area contributed by atoms with Crippen LogP contribution < -0.4 is 10.6 Å². The fourth-order valence-electron chi connectivity index (χ4n) is 2.77. The molecule has 5 nitrogen and oxygen atoms in total. The van der Waals surface area contributed by atoms with E-state index in [1.54, 1.807) is 18.3 Å². The number of anilines is 1. The van der Waals surface area contributed by atoms with E-state index in [-0.39, 0.29) is 24.4 Å². The van der Waals surface area contributed by atoms with Crippen LogP contribution in [0.2, 0.25) is 5.02 Å². The lowest BCUT2D eigenvalue weighted by Crippen LogP contribution is -2.48. The van der Waals surface area contributed by atoms with Crippen molar-refractivity contribution in [2.75, 3.05) is 31.5 Å². The van der Waals surface area contributed by atoms with Crippen molar-refractivity contribution in [3.8, 4) is 0 Å². The van der Waals surface area contributed by atoms with Crippen LogP contribution >= 0.6 is 24.0 Å². The highest BCUT2D eigenvalue weighted by atomic mass is 35.5. The van der Waals surface area contributed by atoms with Crippen molar-refractivity contribution in [3.63, 3.8) is 0 Å². The summed E-state index contributed by atoms with van der Waals surface area (Å²) in [6.45, 7) is 2.82. The van der Waals surface area contributed by atoms with Gasteiger partial charge in [0.2, 0.25) is 5.91 Å². The molecule has 0 aliphatic carbocycles. The van der Waals surface area contributed by atoms with E-state index in [1.807, 2.05) is 30.5 Å². The Morgan fingerprint density at radius 1 is 1.33 bits per heavy atom. The van der Waals surface area contributed by atoms with E-state index in [9.17, 15) is 4.79 Å². The second kappa shape index (κ2) is 8.99. The fourth-order valence-corrected chi connectivity index (χ4v) is 2.96. The minimum atomic E-state index is -0.0612. The van der Waals surface area contributed by atoms with E-state index >= 15 is 0 Å². The molecule has 0 spiro atoms. The average molecular weight is 367 g/mol. The van der Waals surface area contributed by atoms with Crippen molar-refractivity contribution in [2.24, 2.45) is 0 Å². The number of hydrogen-bond acceptors (Lipinski definition) is 4. The molecule has 0 saturated carbocycles. The fraction of sp³-hybridized carbons (Fsp3) is 0.294. The summed E-state index contributed by atoms with van der Waals surface area (Å²) in [6.07, 6.45) is 3.62. The Kier molecular flexibility index (Phi) is 6.99. The Morgan fingerprint density at radius 2 is 2.17 bits per heavy atom. The molecule has 1 aliphatic rings. The van der Waals surface area contributed by atoms with E-state index in [0.717, 1.165) is 25.2 Å². The lowest BCUT2D eigenvalue weighted by atomic mass is 10.1. The van der Waals surface area contributed by atoms with E-state index in [0.29, 0.717) is 17.3 Å². The molecule has 1 amide bonds. The molecule has 7 heteroatoms. The van der Waals surface area contributed by atoms with E-state index < -0.39 is 0 Å². The molecular weight excluding hydrogens is 347 g/mol. The maximum absolute atomic E-state index is 12.4. The maximum atomic E-state index is 12.4. The maximum Gasteiger partial charge on any atom is 0.238 e. The first-order chi connectivity index (χ1) is 11.2. The van der Waals surface area contributed by atoms with Gasteiger partial charge in [-0.25, -0.2) is 0 Å². The van der Waals surface area contributed by atoms with Gasteiger partial charge in [0.1, 0.15) is 0 Å². The molecule has 128 valence electrons. The molecule has 0 bridgehead atoms. The number of nitrogens with zero attached hydrogens (tertiary/aromatic N) is 2. The first kappa shape index (κ1) is 18.7. The van der Waals surface area contributed by atoms with Gasteiger partial charge in [0.15, 0.2) is 0 Å². The standard InChI is InChI=1S/C17H19ClN4O.ClH/c18-14-5-1-2-6-15(14)21-17(23)12-22-9-8-20-11-16(22)13-4-3-7-19-10-13;/h1-7,10,16,20H,8-9,11-12H2,(H,21,23);1H. The number of nitrogens with one attached hydrogen (secondary N) is 2. The number of para-hydroxylation sites is 1. The van der Waals surface area contributed by atoms with Gasteiger partial charge in [-0.1, -0.05) is 29.8 Å². The van der Waals surface area contributed by atoms with Crippen molar-refractivity contribution >= 4 is 35.6 Å². The molecular formula is C17H20Cl2N4O. The molecule has 24 heavy (non-hydrogen) atoms. The molecule has 1 unspecified atom stereocenters. The smallest absolute Gasteiger partial charge is 0.238 e. The van der Waals surface area contributed by atoms with Gasteiger partial charge >= 0.3 is 0 Å². The van der Waals surface area contributed by atoms with Crippen molar-refractivity contribution in [1.29, 1.82) is 0 Å². The summed E-state index contributed by atoms with van der Waals surface area (Å²) in [4.78, 5) is 18.7. The monoisotopic (exact) mass is 366 g/mol. The van der Waals surface area contributed by atoms with Crippen LogP contribution in [0.25, 0.3) is 0 Å². The van der Waals surface area contributed by atoms with Crippen LogP contribution in [0.3, 0.4) is 0 Å². The Labute approximate surface area is 152 Å². The van der Waals surface area contributed by atoms with Crippen molar-refractivity contribution in [2.45, 2.75) is 6.04 Å². The number of pyridine rings is 1. The summed E-state index contributed by atoms with van der Waals surface area (Å²) < 4.78 is 0. The van der Waals surface area contributed by atoms with Crippen LogP contribution in [0.15, 0.2) is 48.8 Å². The first-order valence-corrected chi connectivity index (χ1v) is 8.01. The lowest BCUT2D eigenvalue weighted by Gasteiger charge is -2.35. The largest absolute Gasteiger partial charge is 0.324 e. The number of hydrogen-bond donors (Lipinski definition) is 2. The van der Waals surface area contributed by atoms with Crippen LogP contribution in [-0.2, 0) is 4.79 Å². The zero-order valence-electron chi connectivity index (χ0n) is 13.1. The average Bonchev–Trinajstić information content (AvgIpc) is 2.58. The minimum absolute atomic E-state index is 0. The highest BCUT2D eigenvalue weighted by molar-refractivity contribution is 6.33. The number of carbonyl (C=O) groups is 1. The van der Waals surface area contributed by atoms with E-state index in [4.69, 9.17) is 11.6 Å². The van der Waals surface area contributed by atoms with Crippen LogP contribution in [0.1, 0.15) is 11.6 Å². The van der Waals surface area contributed by atoms with E-state index in [1.165, 1.54) is 0 Å². The van der Waals surface area contributed by atoms with Crippen molar-refractivity contribution in [3.05, 3.63) is 59.4 Å². The Hall–Kier alpha value is -1.66. The third-order valence-electron chi connectivity index (χ3n) is 3.92. The number of aromatic nitrogens is 1. The zero-order chi connectivity index (χ0) is 16.1. The summed E-state index contributed by atoms with van der Waals surface area (Å²) >= 11 is 6.09. The molecule has 1 aliphatic heterocycles. The molecule has 1 fully saturated rings. The highest BCUT2D eigenvalue weighted by Crippen LogP contribution is 2.23. The Morgan fingerprint density at radius 3 is 2.92 bits per heavy atom. The molecule has 0 radical (unpaired) electrons. The normalized spacial score (nSPS) is 17.8. The van der Waals surface area contributed by atoms with Crippen molar-refractivity contribution < 1.29 is 4.79 Å². The van der Waals surface area contributed by atoms with Gasteiger partial charge < -0.3 is 10.6 Å². The SMILES string of the molecule is Cl.O=C(CN1CCNCC1c1cccnc1)Nc1ccccc1Cl. The summed E-state index contributed by atoms with van der Waals surface area (Å²) in [6, 6.07) is 11.4. The highest BCUT2D eigenvalue weighted by Gasteiger charge is 2.25. The molecule has 1 aromatic carbocycles. The van der Waals surface area contributed by atoms with Gasteiger partial charge in [-0.15, -0.1) is 12.4 Å². The summed E-state index contributed by atoms with van der Waals surface area (Å²) in [5, 5.41) is 6.80. The quantitative estimate of drug-likeness (QED) is 0.873. The molecule has 2 aromatic rings. The Bertz CT molecular complexity index is 669. The van der Waals surface area contributed by atoms with Crippen molar-refractivity contribution in [1.82, 2.24) is 15.2 Å². The van der Waals surface area contributed by atoms with Crippen LogP contribution in [0.5, 0.6) is 0 Å². The topological polar surface area (TPSA) is 57.3 Å². The number of amides is 1. The lowest BCUT2D eigenvalue weighted by molar-refractivity contribution is -0.118. The van der Waals surface area contributed by atoms with Gasteiger partial charge in [-0.05, 0) is 23.8 Å². The minimum Gasteiger partial charge on any atom is -0.324 e. The number of halogens is 2. The molecule has 2 heterocycles. The van der Waals surface area contributed by atoms with Gasteiger partial charge in [0, 0.05) is 38.1 Å². The third kappa shape index (κ3) is 4.68. The number of carbonyl (C=O) groups excluding carboxylic acids is 1. The molecule has 1 aromatic heterocycles. The molecule has 1 saturated heterocycles. The second-order valence-corrected chi connectivity index (χ2v) is 5.91. The summed E-state index contributed by atoms with van der Waals surface area (Å²) in [7, 11) is 0. The van der Waals surface area contributed by atoms with Gasteiger partial charge in [0.05, 0.1) is 17.3 Å². The molecule has 1 atom stereocenters. The zero-order valence-corrected chi connectivity index (χ0v) is 14.7. The first-order valence-electron chi connectivity index (χ1n) is 7.63. The van der Waals surface area contributed by atoms with Crippen LogP contribution in [-0.4, -0.2) is 42.0 Å². The van der Waals surface area contributed by atoms with Gasteiger partial charge in [-0.3, -0.25) is 14.7 Å². The van der Waals surface area contributed by atoms with Gasteiger partial charge in [-0.2, -0.15) is 0 Å². The molecule has 3 rings (SSSR count). The number of rotatable bonds is 4. The predicted octanol–water partition coefficient (Wildman–Crippen LogP) is 2.74. The number of benzene rings is 1. The number of piperazine rings is 1. The Balaban J connectivity index is 0.00000208. The second-order valence-electron chi connectivity index (χ2n) is 5.50. The van der Waals surface area contributed by atoms with Crippen LogP contribution in [0.4, 0.5) is 5.69 Å².